The third-order valence-corrected chi connectivity index (χ3v) is 4.06. The van der Waals surface area contributed by atoms with E-state index in [0.717, 1.165) is 18.4 Å². The second kappa shape index (κ2) is 4.69. The van der Waals surface area contributed by atoms with Gasteiger partial charge in [0.05, 0.1) is 13.0 Å². The fraction of sp³-hybridized carbons (Fsp3) is 0.353. The van der Waals surface area contributed by atoms with E-state index in [2.05, 4.69) is 31.2 Å². The molecule has 0 aromatic heterocycles. The predicted octanol–water partition coefficient (Wildman–Crippen LogP) is 3.81. The summed E-state index contributed by atoms with van der Waals surface area (Å²) in [7, 11) is 1.48. The Morgan fingerprint density at radius 1 is 1.16 bits per heavy atom. The second-order valence-electron chi connectivity index (χ2n) is 5.36. The molecule has 3 rings (SSSR count). The molecule has 2 aromatic rings. The van der Waals surface area contributed by atoms with Gasteiger partial charge in [-0.05, 0) is 47.6 Å². The Labute approximate surface area is 113 Å². The van der Waals surface area contributed by atoms with E-state index in [-0.39, 0.29) is 11.9 Å². The number of ether oxygens (including phenoxy) is 1. The maximum absolute atomic E-state index is 12.1. The van der Waals surface area contributed by atoms with Gasteiger partial charge < -0.3 is 4.74 Å². The average Bonchev–Trinajstić information content (AvgIpc) is 3.26. The summed E-state index contributed by atoms with van der Waals surface area (Å²) in [5.41, 5.74) is 2.37. The Kier molecular flexibility index (Phi) is 3.02. The van der Waals surface area contributed by atoms with Crippen LogP contribution in [0.25, 0.3) is 10.8 Å². The van der Waals surface area contributed by atoms with E-state index in [9.17, 15) is 4.79 Å². The molecule has 0 N–H and O–H groups in total. The molecule has 1 fully saturated rings. The molecule has 0 heterocycles. The van der Waals surface area contributed by atoms with Crippen LogP contribution in [0.2, 0.25) is 0 Å². The van der Waals surface area contributed by atoms with E-state index in [4.69, 9.17) is 4.74 Å². The van der Waals surface area contributed by atoms with Crippen molar-refractivity contribution in [1.29, 1.82) is 0 Å². The molecule has 2 nitrogen and oxygen atoms in total. The first kappa shape index (κ1) is 12.2. The van der Waals surface area contributed by atoms with Gasteiger partial charge in [-0.25, -0.2) is 0 Å². The zero-order valence-corrected chi connectivity index (χ0v) is 11.3. The van der Waals surface area contributed by atoms with Gasteiger partial charge in [0.2, 0.25) is 0 Å². The summed E-state index contributed by atoms with van der Waals surface area (Å²) in [6.45, 7) is 2.11. The van der Waals surface area contributed by atoms with Crippen LogP contribution in [0.4, 0.5) is 0 Å². The summed E-state index contributed by atoms with van der Waals surface area (Å²) in [5.74, 6) is 0.255. The molecule has 0 aliphatic heterocycles. The van der Waals surface area contributed by atoms with Crippen molar-refractivity contribution >= 4 is 16.7 Å². The topological polar surface area (TPSA) is 26.3 Å². The normalized spacial score (nSPS) is 16.3. The Bertz CT molecular complexity index is 626. The molecule has 98 valence electrons. The van der Waals surface area contributed by atoms with E-state index < -0.39 is 0 Å². The second-order valence-corrected chi connectivity index (χ2v) is 5.36. The lowest BCUT2D eigenvalue weighted by molar-refractivity contribution is -0.142. The van der Waals surface area contributed by atoms with Gasteiger partial charge in [-0.1, -0.05) is 36.4 Å². The van der Waals surface area contributed by atoms with E-state index >= 15 is 0 Å². The highest BCUT2D eigenvalue weighted by Gasteiger charge is 2.38. The van der Waals surface area contributed by atoms with Crippen LogP contribution in [0.5, 0.6) is 0 Å². The molecule has 1 unspecified atom stereocenters. The van der Waals surface area contributed by atoms with Crippen molar-refractivity contribution in [3.05, 3.63) is 47.5 Å². The minimum atomic E-state index is -0.101. The lowest BCUT2D eigenvalue weighted by Crippen LogP contribution is -2.16. The first-order valence-electron chi connectivity index (χ1n) is 6.78. The van der Waals surface area contributed by atoms with Crippen molar-refractivity contribution in [2.24, 2.45) is 5.92 Å². The summed E-state index contributed by atoms with van der Waals surface area (Å²) >= 11 is 0. The highest BCUT2D eigenvalue weighted by Crippen LogP contribution is 2.45. The molecular weight excluding hydrogens is 236 g/mol. The van der Waals surface area contributed by atoms with Gasteiger partial charge in [0.1, 0.15) is 0 Å². The molecule has 0 spiro atoms. The Balaban J connectivity index is 2.18. The summed E-state index contributed by atoms with van der Waals surface area (Å²) in [4.78, 5) is 12.1. The van der Waals surface area contributed by atoms with Crippen LogP contribution in [0.1, 0.15) is 29.9 Å². The number of carbonyl (C=O) groups is 1. The van der Waals surface area contributed by atoms with Crippen molar-refractivity contribution in [2.75, 3.05) is 7.11 Å². The smallest absolute Gasteiger partial charge is 0.313 e. The zero-order valence-electron chi connectivity index (χ0n) is 11.3. The van der Waals surface area contributed by atoms with Crippen LogP contribution in [0, 0.1) is 12.8 Å². The quantitative estimate of drug-likeness (QED) is 0.778. The SMILES string of the molecule is COC(=O)C(c1ccc(C)c2ccccc12)C1CC1. The summed E-state index contributed by atoms with van der Waals surface area (Å²) in [5, 5.41) is 2.42. The van der Waals surface area contributed by atoms with Crippen LogP contribution in [-0.2, 0) is 9.53 Å². The molecule has 0 amide bonds. The lowest BCUT2D eigenvalue weighted by Gasteiger charge is -2.17. The highest BCUT2D eigenvalue weighted by atomic mass is 16.5. The standard InChI is InChI=1S/C17H18O2/c1-11-7-10-15(14-6-4-3-5-13(11)14)16(12-8-9-12)17(18)19-2/h3-7,10,12,16H,8-9H2,1-2H3. The van der Waals surface area contributed by atoms with E-state index in [0.29, 0.717) is 5.92 Å². The average molecular weight is 254 g/mol. The number of aryl methyl sites for hydroxylation is 1. The number of methoxy groups -OCH3 is 1. The largest absolute Gasteiger partial charge is 0.469 e. The van der Waals surface area contributed by atoms with Gasteiger partial charge in [-0.15, -0.1) is 0 Å². The lowest BCUT2D eigenvalue weighted by atomic mass is 9.88. The van der Waals surface area contributed by atoms with E-state index in [1.165, 1.54) is 23.4 Å². The predicted molar refractivity (Wildman–Crippen MR) is 76.2 cm³/mol. The molecular formula is C17H18O2. The van der Waals surface area contributed by atoms with Crippen LogP contribution >= 0.6 is 0 Å². The van der Waals surface area contributed by atoms with Crippen molar-refractivity contribution in [2.45, 2.75) is 25.7 Å². The van der Waals surface area contributed by atoms with E-state index in [1.54, 1.807) is 0 Å². The third-order valence-electron chi connectivity index (χ3n) is 4.06. The zero-order chi connectivity index (χ0) is 13.4. The molecule has 2 aromatic carbocycles. The first-order valence-corrected chi connectivity index (χ1v) is 6.78. The number of benzene rings is 2. The van der Waals surface area contributed by atoms with Crippen molar-refractivity contribution in [1.82, 2.24) is 0 Å². The maximum Gasteiger partial charge on any atom is 0.313 e. The maximum atomic E-state index is 12.1. The molecule has 0 saturated heterocycles. The van der Waals surface area contributed by atoms with Gasteiger partial charge >= 0.3 is 5.97 Å². The number of rotatable bonds is 3. The fourth-order valence-electron chi connectivity index (χ4n) is 2.87. The van der Waals surface area contributed by atoms with Gasteiger partial charge in [0.25, 0.3) is 0 Å². The van der Waals surface area contributed by atoms with Crippen LogP contribution < -0.4 is 0 Å². The van der Waals surface area contributed by atoms with Crippen LogP contribution in [-0.4, -0.2) is 13.1 Å². The summed E-state index contributed by atoms with van der Waals surface area (Å²) < 4.78 is 5.01. The van der Waals surface area contributed by atoms with Gasteiger partial charge in [0.15, 0.2) is 0 Å². The van der Waals surface area contributed by atoms with Crippen LogP contribution in [0.15, 0.2) is 36.4 Å². The number of hydrogen-bond acceptors (Lipinski definition) is 2. The molecule has 1 aliphatic carbocycles. The Hall–Kier alpha value is -1.83. The monoisotopic (exact) mass is 254 g/mol. The molecule has 1 saturated carbocycles. The number of esters is 1. The number of hydrogen-bond donors (Lipinski definition) is 0. The summed E-state index contributed by atoms with van der Waals surface area (Å²) in [6.07, 6.45) is 2.25. The van der Waals surface area contributed by atoms with Gasteiger partial charge in [-0.2, -0.15) is 0 Å². The molecule has 0 bridgehead atoms. The van der Waals surface area contributed by atoms with Crippen LogP contribution in [0.3, 0.4) is 0 Å². The fourth-order valence-corrected chi connectivity index (χ4v) is 2.87. The van der Waals surface area contributed by atoms with Crippen molar-refractivity contribution < 1.29 is 9.53 Å². The number of fused-ring (bicyclic) bond motifs is 1. The molecule has 1 aliphatic rings. The van der Waals surface area contributed by atoms with Crippen molar-refractivity contribution in [3.63, 3.8) is 0 Å². The Morgan fingerprint density at radius 3 is 2.47 bits per heavy atom. The third kappa shape index (κ3) is 2.12. The summed E-state index contributed by atoms with van der Waals surface area (Å²) in [6, 6.07) is 12.5. The highest BCUT2D eigenvalue weighted by molar-refractivity contribution is 5.93. The van der Waals surface area contributed by atoms with E-state index in [1.807, 2.05) is 12.1 Å². The Morgan fingerprint density at radius 2 is 1.84 bits per heavy atom. The molecule has 2 heteroatoms. The minimum absolute atomic E-state index is 0.100. The molecule has 19 heavy (non-hydrogen) atoms. The minimum Gasteiger partial charge on any atom is -0.469 e. The van der Waals surface area contributed by atoms with Gasteiger partial charge in [0, 0.05) is 0 Å². The molecule has 1 atom stereocenters. The first-order chi connectivity index (χ1) is 9.22. The van der Waals surface area contributed by atoms with Crippen molar-refractivity contribution in [3.8, 4) is 0 Å². The number of carbonyl (C=O) groups excluding carboxylic acids is 1. The molecule has 0 radical (unpaired) electrons. The van der Waals surface area contributed by atoms with Gasteiger partial charge in [-0.3, -0.25) is 4.79 Å².